The number of carbonyl (C=O) groups is 1. The maximum atomic E-state index is 12.8. The molecule has 0 N–H and O–H groups in total. The zero-order valence-corrected chi connectivity index (χ0v) is 15.3. The van der Waals surface area contributed by atoms with E-state index in [4.69, 9.17) is 17.0 Å². The van der Waals surface area contributed by atoms with Crippen LogP contribution in [0.25, 0.3) is 6.08 Å². The van der Waals surface area contributed by atoms with E-state index in [0.29, 0.717) is 9.23 Å². The lowest BCUT2D eigenvalue weighted by molar-refractivity contribution is -0.113. The number of amides is 1. The second kappa shape index (κ2) is 6.79. The van der Waals surface area contributed by atoms with Crippen LogP contribution in [0.3, 0.4) is 0 Å². The SMILES string of the molecule is COc1ccccc1C=C1SC(=S)N(c2ccc(C)c(C)c2)C1=O. The largest absolute Gasteiger partial charge is 0.496 e. The third-order valence-corrected chi connectivity index (χ3v) is 5.27. The van der Waals surface area contributed by atoms with Crippen LogP contribution >= 0.6 is 24.0 Å². The van der Waals surface area contributed by atoms with Crippen LogP contribution in [0.5, 0.6) is 5.75 Å². The molecule has 0 aromatic heterocycles. The van der Waals surface area contributed by atoms with Crippen LogP contribution in [0.2, 0.25) is 0 Å². The van der Waals surface area contributed by atoms with Crippen molar-refractivity contribution in [3.8, 4) is 5.75 Å². The average Bonchev–Trinajstić information content (AvgIpc) is 2.85. The van der Waals surface area contributed by atoms with E-state index in [-0.39, 0.29) is 5.91 Å². The molecular formula is C19H17NO2S2. The fourth-order valence-corrected chi connectivity index (χ4v) is 3.77. The van der Waals surface area contributed by atoms with Gasteiger partial charge in [0.2, 0.25) is 0 Å². The Morgan fingerprint density at radius 1 is 1.12 bits per heavy atom. The van der Waals surface area contributed by atoms with Crippen molar-refractivity contribution < 1.29 is 9.53 Å². The van der Waals surface area contributed by atoms with E-state index < -0.39 is 0 Å². The molecule has 0 bridgehead atoms. The number of benzene rings is 2. The van der Waals surface area contributed by atoms with Crippen molar-refractivity contribution in [1.82, 2.24) is 0 Å². The fourth-order valence-electron chi connectivity index (χ4n) is 2.48. The van der Waals surface area contributed by atoms with Crippen LogP contribution in [0, 0.1) is 13.8 Å². The third-order valence-electron chi connectivity index (χ3n) is 3.97. The van der Waals surface area contributed by atoms with Gasteiger partial charge in [0, 0.05) is 5.56 Å². The van der Waals surface area contributed by atoms with Crippen molar-refractivity contribution in [3.63, 3.8) is 0 Å². The third kappa shape index (κ3) is 3.09. The minimum Gasteiger partial charge on any atom is -0.496 e. The molecule has 0 atom stereocenters. The van der Waals surface area contributed by atoms with Crippen LogP contribution in [-0.4, -0.2) is 17.3 Å². The Bertz CT molecular complexity index is 858. The Hall–Kier alpha value is -2.11. The number of thioether (sulfide) groups is 1. The van der Waals surface area contributed by atoms with E-state index in [1.165, 1.54) is 17.3 Å². The molecule has 1 heterocycles. The van der Waals surface area contributed by atoms with Crippen molar-refractivity contribution in [2.24, 2.45) is 0 Å². The Balaban J connectivity index is 1.97. The smallest absolute Gasteiger partial charge is 0.270 e. The summed E-state index contributed by atoms with van der Waals surface area (Å²) in [7, 11) is 1.62. The van der Waals surface area contributed by atoms with Gasteiger partial charge < -0.3 is 4.74 Å². The van der Waals surface area contributed by atoms with E-state index in [1.807, 2.05) is 62.4 Å². The topological polar surface area (TPSA) is 29.5 Å². The van der Waals surface area contributed by atoms with Crippen molar-refractivity contribution in [3.05, 3.63) is 64.1 Å². The number of hydrogen-bond donors (Lipinski definition) is 0. The number of para-hydroxylation sites is 1. The van der Waals surface area contributed by atoms with E-state index in [9.17, 15) is 4.79 Å². The summed E-state index contributed by atoms with van der Waals surface area (Å²) in [4.78, 5) is 15.0. The quantitative estimate of drug-likeness (QED) is 0.589. The van der Waals surface area contributed by atoms with Crippen LogP contribution in [0.4, 0.5) is 5.69 Å². The highest BCUT2D eigenvalue weighted by Crippen LogP contribution is 2.37. The molecule has 0 saturated carbocycles. The fraction of sp³-hybridized carbons (Fsp3) is 0.158. The van der Waals surface area contributed by atoms with Gasteiger partial charge in [0.1, 0.15) is 5.75 Å². The lowest BCUT2D eigenvalue weighted by Crippen LogP contribution is -2.27. The molecule has 1 aliphatic rings. The summed E-state index contributed by atoms with van der Waals surface area (Å²) in [6, 6.07) is 13.5. The summed E-state index contributed by atoms with van der Waals surface area (Å²) >= 11 is 6.74. The number of hydrogen-bond acceptors (Lipinski definition) is 4. The molecule has 2 aromatic rings. The highest BCUT2D eigenvalue weighted by Gasteiger charge is 2.33. The second-order valence-corrected chi connectivity index (χ2v) is 7.20. The van der Waals surface area contributed by atoms with Crippen LogP contribution in [-0.2, 0) is 4.79 Å². The first-order chi connectivity index (χ1) is 11.5. The molecule has 1 saturated heterocycles. The molecule has 0 unspecified atom stereocenters. The number of anilines is 1. The molecular weight excluding hydrogens is 338 g/mol. The highest BCUT2D eigenvalue weighted by molar-refractivity contribution is 8.27. The Morgan fingerprint density at radius 3 is 2.58 bits per heavy atom. The standard InChI is InChI=1S/C19H17NO2S2/c1-12-8-9-15(10-13(12)2)20-18(21)17(24-19(20)23)11-14-6-4-5-7-16(14)22-3/h4-11H,1-3H3. The lowest BCUT2D eigenvalue weighted by Gasteiger charge is -2.16. The van der Waals surface area contributed by atoms with Crippen LogP contribution in [0.15, 0.2) is 47.4 Å². The van der Waals surface area contributed by atoms with Crippen LogP contribution < -0.4 is 9.64 Å². The van der Waals surface area contributed by atoms with E-state index in [1.54, 1.807) is 12.0 Å². The zero-order valence-electron chi connectivity index (χ0n) is 13.7. The van der Waals surface area contributed by atoms with Gasteiger partial charge >= 0.3 is 0 Å². The monoisotopic (exact) mass is 355 g/mol. The molecule has 1 fully saturated rings. The van der Waals surface area contributed by atoms with Gasteiger partial charge in [0.25, 0.3) is 5.91 Å². The number of aryl methyl sites for hydroxylation is 2. The molecule has 1 aliphatic heterocycles. The molecule has 0 spiro atoms. The minimum atomic E-state index is -0.0980. The molecule has 0 aliphatic carbocycles. The number of thiocarbonyl (C=S) groups is 1. The Labute approximate surface area is 151 Å². The number of methoxy groups -OCH3 is 1. The van der Waals surface area contributed by atoms with Gasteiger partial charge in [-0.1, -0.05) is 48.2 Å². The lowest BCUT2D eigenvalue weighted by atomic mass is 10.1. The normalized spacial score (nSPS) is 16.1. The summed E-state index contributed by atoms with van der Waals surface area (Å²) < 4.78 is 5.89. The highest BCUT2D eigenvalue weighted by atomic mass is 32.2. The summed E-state index contributed by atoms with van der Waals surface area (Å²) in [5.41, 5.74) is 3.99. The first-order valence-corrected chi connectivity index (χ1v) is 8.72. The summed E-state index contributed by atoms with van der Waals surface area (Å²) in [5, 5.41) is 0. The summed E-state index contributed by atoms with van der Waals surface area (Å²) in [6.45, 7) is 4.08. The van der Waals surface area contributed by atoms with Crippen molar-refractivity contribution in [1.29, 1.82) is 0 Å². The first-order valence-electron chi connectivity index (χ1n) is 7.49. The maximum Gasteiger partial charge on any atom is 0.270 e. The van der Waals surface area contributed by atoms with Gasteiger partial charge in [0.05, 0.1) is 17.7 Å². The van der Waals surface area contributed by atoms with Crippen LogP contribution in [0.1, 0.15) is 16.7 Å². The van der Waals surface area contributed by atoms with Gasteiger partial charge in [-0.05, 0) is 49.2 Å². The predicted molar refractivity (Wildman–Crippen MR) is 105 cm³/mol. The minimum absolute atomic E-state index is 0.0980. The number of rotatable bonds is 3. The predicted octanol–water partition coefficient (Wildman–Crippen LogP) is 4.72. The van der Waals surface area contributed by atoms with Crippen molar-refractivity contribution in [2.75, 3.05) is 12.0 Å². The number of nitrogens with zero attached hydrogens (tertiary/aromatic N) is 1. The summed E-state index contributed by atoms with van der Waals surface area (Å²) in [6.07, 6.45) is 1.83. The Kier molecular flexibility index (Phi) is 4.73. The van der Waals surface area contributed by atoms with Gasteiger partial charge in [-0.25, -0.2) is 0 Å². The molecule has 0 radical (unpaired) electrons. The maximum absolute atomic E-state index is 12.8. The average molecular weight is 355 g/mol. The van der Waals surface area contributed by atoms with Crippen molar-refractivity contribution >= 4 is 46.0 Å². The molecule has 3 nitrogen and oxygen atoms in total. The molecule has 3 rings (SSSR count). The number of ether oxygens (including phenoxy) is 1. The zero-order chi connectivity index (χ0) is 17.3. The van der Waals surface area contributed by atoms with Crippen molar-refractivity contribution in [2.45, 2.75) is 13.8 Å². The van der Waals surface area contributed by atoms with Gasteiger partial charge in [-0.15, -0.1) is 0 Å². The second-order valence-electron chi connectivity index (χ2n) is 5.53. The molecule has 1 amide bonds. The van der Waals surface area contributed by atoms with Gasteiger partial charge in [-0.2, -0.15) is 0 Å². The summed E-state index contributed by atoms with van der Waals surface area (Å²) in [5.74, 6) is 0.633. The molecule has 2 aromatic carbocycles. The van der Waals surface area contributed by atoms with Gasteiger partial charge in [-0.3, -0.25) is 9.69 Å². The molecule has 122 valence electrons. The van der Waals surface area contributed by atoms with Gasteiger partial charge in [0.15, 0.2) is 4.32 Å². The Morgan fingerprint density at radius 2 is 1.88 bits per heavy atom. The van der Waals surface area contributed by atoms with E-state index >= 15 is 0 Å². The van der Waals surface area contributed by atoms with E-state index in [2.05, 4.69) is 0 Å². The molecule has 5 heteroatoms. The first kappa shape index (κ1) is 16.7. The molecule has 24 heavy (non-hydrogen) atoms. The number of carbonyl (C=O) groups excluding carboxylic acids is 1. The van der Waals surface area contributed by atoms with E-state index in [0.717, 1.165) is 22.6 Å².